The lowest BCUT2D eigenvalue weighted by Crippen LogP contribution is -2.15. The van der Waals surface area contributed by atoms with E-state index in [0.29, 0.717) is 28.3 Å². The van der Waals surface area contributed by atoms with Crippen molar-refractivity contribution in [2.75, 3.05) is 11.9 Å². The predicted molar refractivity (Wildman–Crippen MR) is 112 cm³/mol. The number of nitrogens with zero attached hydrogens (tertiary/aromatic N) is 1. The van der Waals surface area contributed by atoms with Crippen LogP contribution in [0.4, 0.5) is 5.00 Å². The number of ether oxygens (including phenoxy) is 1. The summed E-state index contributed by atoms with van der Waals surface area (Å²) in [5.41, 5.74) is 1.50. The quantitative estimate of drug-likeness (QED) is 0.501. The molecule has 4 rings (SSSR count). The summed E-state index contributed by atoms with van der Waals surface area (Å²) in [6.07, 6.45) is 5.10. The van der Waals surface area contributed by atoms with E-state index in [1.165, 1.54) is 22.3 Å². The number of hydrogen-bond donors (Lipinski definition) is 1. The number of rotatable bonds is 4. The highest BCUT2D eigenvalue weighted by molar-refractivity contribution is 7.16. The Morgan fingerprint density at radius 3 is 2.90 bits per heavy atom. The van der Waals surface area contributed by atoms with Crippen molar-refractivity contribution >= 4 is 33.2 Å². The zero-order valence-corrected chi connectivity index (χ0v) is 16.9. The predicted octanol–water partition coefficient (Wildman–Crippen LogP) is 4.65. The summed E-state index contributed by atoms with van der Waals surface area (Å²) in [4.78, 5) is 26.2. The first-order valence-corrected chi connectivity index (χ1v) is 10.5. The Kier molecular flexibility index (Phi) is 5.36. The highest BCUT2D eigenvalue weighted by Crippen LogP contribution is 2.37. The van der Waals surface area contributed by atoms with Crippen LogP contribution in [0, 0.1) is 11.3 Å². The zero-order valence-electron chi connectivity index (χ0n) is 16.0. The molecule has 1 N–H and O–H groups in total. The highest BCUT2D eigenvalue weighted by Gasteiger charge is 2.22. The Bertz CT molecular complexity index is 1190. The van der Waals surface area contributed by atoms with Gasteiger partial charge in [0.25, 0.3) is 5.91 Å². The summed E-state index contributed by atoms with van der Waals surface area (Å²) < 4.78 is 10.7. The minimum absolute atomic E-state index is 0.215. The third-order valence-electron chi connectivity index (χ3n) is 5.03. The average molecular weight is 408 g/mol. The first-order chi connectivity index (χ1) is 14.1. The number of thiophene rings is 1. The minimum atomic E-state index is -0.612. The van der Waals surface area contributed by atoms with Crippen molar-refractivity contribution in [2.45, 2.75) is 39.0 Å². The van der Waals surface area contributed by atoms with E-state index in [4.69, 9.17) is 9.15 Å². The van der Waals surface area contributed by atoms with Crippen molar-refractivity contribution in [1.29, 1.82) is 5.26 Å². The molecule has 0 fully saturated rings. The van der Waals surface area contributed by atoms with Crippen LogP contribution in [0.25, 0.3) is 11.0 Å². The molecule has 0 saturated heterocycles. The van der Waals surface area contributed by atoms with E-state index in [1.807, 2.05) is 6.92 Å². The number of benzene rings is 1. The highest BCUT2D eigenvalue weighted by atomic mass is 32.1. The molecule has 0 unspecified atom stereocenters. The third-order valence-corrected chi connectivity index (χ3v) is 6.24. The van der Waals surface area contributed by atoms with Crippen LogP contribution in [0.2, 0.25) is 0 Å². The van der Waals surface area contributed by atoms with Crippen molar-refractivity contribution < 1.29 is 13.9 Å². The maximum atomic E-state index is 13.0. The van der Waals surface area contributed by atoms with Crippen LogP contribution in [-0.2, 0) is 12.8 Å². The molecule has 1 aromatic carbocycles. The monoisotopic (exact) mass is 408 g/mol. The number of carbonyl (C=O) groups is 1. The van der Waals surface area contributed by atoms with Gasteiger partial charge in [0, 0.05) is 22.4 Å². The molecular weight excluding hydrogens is 388 g/mol. The second-order valence-corrected chi connectivity index (χ2v) is 8.01. The van der Waals surface area contributed by atoms with E-state index < -0.39 is 11.5 Å². The smallest absolute Gasteiger partial charge is 0.337 e. The maximum Gasteiger partial charge on any atom is 0.337 e. The first kappa shape index (κ1) is 19.2. The van der Waals surface area contributed by atoms with Gasteiger partial charge in [-0.15, -0.1) is 11.3 Å². The van der Waals surface area contributed by atoms with Crippen LogP contribution in [-0.4, -0.2) is 12.5 Å². The molecule has 1 aliphatic rings. The number of nitriles is 1. The molecule has 29 heavy (non-hydrogen) atoms. The van der Waals surface area contributed by atoms with E-state index in [-0.39, 0.29) is 11.1 Å². The molecule has 0 saturated carbocycles. The number of hydrogen-bond acceptors (Lipinski definition) is 6. The number of carbonyl (C=O) groups excluding carboxylic acids is 1. The fraction of sp³-hybridized carbons (Fsp3) is 0.318. The van der Waals surface area contributed by atoms with Crippen LogP contribution in [0.1, 0.15) is 52.5 Å². The largest absolute Gasteiger partial charge is 0.494 e. The molecule has 0 aliphatic heterocycles. The SMILES string of the molecule is CCOc1ccc2c(C(=O)Nc3sc4c(c3C#N)CCCCC4)cc(=O)oc2c1. The Labute approximate surface area is 171 Å². The van der Waals surface area contributed by atoms with Gasteiger partial charge in [-0.1, -0.05) is 6.42 Å². The fourth-order valence-electron chi connectivity index (χ4n) is 3.71. The molecular formula is C22H20N2O4S. The summed E-state index contributed by atoms with van der Waals surface area (Å²) in [5, 5.41) is 13.6. The second-order valence-electron chi connectivity index (χ2n) is 6.90. The van der Waals surface area contributed by atoms with Gasteiger partial charge in [0.1, 0.15) is 22.4 Å². The van der Waals surface area contributed by atoms with Crippen molar-refractivity contribution in [3.63, 3.8) is 0 Å². The standard InChI is InChI=1S/C22H20N2O4S/c1-2-27-13-8-9-14-16(11-20(25)28-18(14)10-13)21(26)24-22-17(12-23)15-6-4-3-5-7-19(15)29-22/h8-11H,2-7H2,1H3,(H,24,26). The summed E-state index contributed by atoms with van der Waals surface area (Å²) in [6.45, 7) is 2.34. The minimum Gasteiger partial charge on any atom is -0.494 e. The first-order valence-electron chi connectivity index (χ1n) is 9.67. The van der Waals surface area contributed by atoms with E-state index in [1.54, 1.807) is 18.2 Å². The van der Waals surface area contributed by atoms with Gasteiger partial charge in [-0.3, -0.25) is 4.79 Å². The van der Waals surface area contributed by atoms with Gasteiger partial charge in [0.05, 0.1) is 17.7 Å². The van der Waals surface area contributed by atoms with Crippen LogP contribution < -0.4 is 15.7 Å². The molecule has 1 amide bonds. The molecule has 7 heteroatoms. The number of nitrogens with one attached hydrogen (secondary N) is 1. The second kappa shape index (κ2) is 8.10. The summed E-state index contributed by atoms with van der Waals surface area (Å²) in [7, 11) is 0. The van der Waals surface area contributed by atoms with Crippen molar-refractivity contribution in [3.05, 3.63) is 56.3 Å². The van der Waals surface area contributed by atoms with Gasteiger partial charge in [-0.05, 0) is 50.3 Å². The lowest BCUT2D eigenvalue weighted by molar-refractivity contribution is 0.102. The van der Waals surface area contributed by atoms with Gasteiger partial charge in [0.15, 0.2) is 0 Å². The summed E-state index contributed by atoms with van der Waals surface area (Å²) in [5.74, 6) is 0.134. The number of anilines is 1. The molecule has 3 aromatic rings. The molecule has 0 spiro atoms. The molecule has 0 bridgehead atoms. The van der Waals surface area contributed by atoms with E-state index >= 15 is 0 Å². The van der Waals surface area contributed by atoms with E-state index in [9.17, 15) is 14.9 Å². The fourth-order valence-corrected chi connectivity index (χ4v) is 4.94. The van der Waals surface area contributed by atoms with E-state index in [2.05, 4.69) is 11.4 Å². The normalized spacial score (nSPS) is 13.4. The Hall–Kier alpha value is -3.11. The van der Waals surface area contributed by atoms with Crippen LogP contribution >= 0.6 is 11.3 Å². The van der Waals surface area contributed by atoms with Gasteiger partial charge in [-0.25, -0.2) is 4.79 Å². The molecule has 0 atom stereocenters. The maximum absolute atomic E-state index is 13.0. The Morgan fingerprint density at radius 1 is 1.28 bits per heavy atom. The van der Waals surface area contributed by atoms with Gasteiger partial charge >= 0.3 is 5.63 Å². The third kappa shape index (κ3) is 3.76. The topological polar surface area (TPSA) is 92.3 Å². The van der Waals surface area contributed by atoms with Gasteiger partial charge in [0.2, 0.25) is 0 Å². The summed E-state index contributed by atoms with van der Waals surface area (Å²) in [6, 6.07) is 8.48. The molecule has 2 aromatic heterocycles. The van der Waals surface area contributed by atoms with Gasteiger partial charge in [-0.2, -0.15) is 5.26 Å². The van der Waals surface area contributed by atoms with Crippen LogP contribution in [0.5, 0.6) is 5.75 Å². The molecule has 2 heterocycles. The number of aryl methyl sites for hydroxylation is 1. The molecule has 148 valence electrons. The Balaban J connectivity index is 1.72. The lowest BCUT2D eigenvalue weighted by atomic mass is 10.1. The number of amides is 1. The lowest BCUT2D eigenvalue weighted by Gasteiger charge is -2.08. The van der Waals surface area contributed by atoms with E-state index in [0.717, 1.165) is 37.7 Å². The van der Waals surface area contributed by atoms with Crippen LogP contribution in [0.3, 0.4) is 0 Å². The van der Waals surface area contributed by atoms with Crippen molar-refractivity contribution in [2.24, 2.45) is 0 Å². The zero-order chi connectivity index (χ0) is 20.4. The van der Waals surface area contributed by atoms with Crippen molar-refractivity contribution in [3.8, 4) is 11.8 Å². The average Bonchev–Trinajstić information content (AvgIpc) is 2.86. The molecule has 6 nitrogen and oxygen atoms in total. The molecule has 1 aliphatic carbocycles. The number of fused-ring (bicyclic) bond motifs is 2. The van der Waals surface area contributed by atoms with Crippen LogP contribution in [0.15, 0.2) is 33.5 Å². The summed E-state index contributed by atoms with van der Waals surface area (Å²) >= 11 is 1.47. The Morgan fingerprint density at radius 2 is 2.10 bits per heavy atom. The van der Waals surface area contributed by atoms with Gasteiger partial charge < -0.3 is 14.5 Å². The van der Waals surface area contributed by atoms with Crippen molar-refractivity contribution in [1.82, 2.24) is 0 Å². The molecule has 0 radical (unpaired) electrons.